The highest BCUT2D eigenvalue weighted by Crippen LogP contribution is 2.32. The van der Waals surface area contributed by atoms with E-state index in [2.05, 4.69) is 21.3 Å². The molecule has 2 aromatic rings. The topological polar surface area (TPSA) is 189 Å². The van der Waals surface area contributed by atoms with Crippen LogP contribution in [0.1, 0.15) is 44.4 Å². The van der Waals surface area contributed by atoms with Gasteiger partial charge in [0.15, 0.2) is 11.9 Å². The second kappa shape index (κ2) is 14.7. The van der Waals surface area contributed by atoms with Gasteiger partial charge in [-0.25, -0.2) is 4.79 Å². The molecule has 13 nitrogen and oxygen atoms in total. The van der Waals surface area contributed by atoms with Crippen molar-refractivity contribution >= 4 is 41.3 Å². The Morgan fingerprint density at radius 2 is 1.57 bits per heavy atom. The average molecular weight is 583 g/mol. The largest absolute Gasteiger partial charge is 0.481 e. The van der Waals surface area contributed by atoms with Crippen LogP contribution in [0, 0.1) is 5.92 Å². The summed E-state index contributed by atoms with van der Waals surface area (Å²) in [5.41, 5.74) is 1.83. The van der Waals surface area contributed by atoms with Gasteiger partial charge in [-0.05, 0) is 24.5 Å². The van der Waals surface area contributed by atoms with Gasteiger partial charge < -0.3 is 35.8 Å². The van der Waals surface area contributed by atoms with Gasteiger partial charge in [-0.2, -0.15) is 0 Å². The summed E-state index contributed by atoms with van der Waals surface area (Å²) in [5.74, 6) is -4.49. The second-order valence-corrected chi connectivity index (χ2v) is 10.1. The van der Waals surface area contributed by atoms with Crippen molar-refractivity contribution in [1.82, 2.24) is 16.0 Å². The fourth-order valence-electron chi connectivity index (χ4n) is 4.12. The summed E-state index contributed by atoms with van der Waals surface area (Å²) in [6.45, 7) is 4.08. The molecule has 3 rings (SSSR count). The predicted molar refractivity (Wildman–Crippen MR) is 149 cm³/mol. The number of carbonyl (C=O) groups is 6. The number of benzene rings is 2. The number of alkyl carbamates (subject to hydrolysis) is 1. The minimum atomic E-state index is -1.49. The lowest BCUT2D eigenvalue weighted by atomic mass is 10.0. The summed E-state index contributed by atoms with van der Waals surface area (Å²) in [6, 6.07) is 12.0. The standard InChI is InChI=1S/C29H34N4O9/c1-16(2)24(33-29(40)42-14-18-9-5-4-6-10-18)27(38)30-17(3)26(37)32-21(13-23(35)36)22(34)15-41-25-19-11-7-8-12-20(19)31-28(25)39/h4-12,16-17,21,24-25H,13-15H2,1-3H3,(H,30,38)(H,31,39)(H,32,37)(H,33,40)(H,35,36). The monoisotopic (exact) mass is 582 g/mol. The van der Waals surface area contributed by atoms with Crippen molar-refractivity contribution in [2.45, 2.75) is 58.0 Å². The molecule has 1 aliphatic rings. The Morgan fingerprint density at radius 3 is 2.24 bits per heavy atom. The van der Waals surface area contributed by atoms with Gasteiger partial charge in [0, 0.05) is 11.3 Å². The van der Waals surface area contributed by atoms with Gasteiger partial charge in [0.2, 0.25) is 11.8 Å². The third-order valence-electron chi connectivity index (χ3n) is 6.40. The first-order chi connectivity index (χ1) is 20.0. The minimum Gasteiger partial charge on any atom is -0.481 e. The van der Waals surface area contributed by atoms with E-state index < -0.39 is 72.8 Å². The third-order valence-corrected chi connectivity index (χ3v) is 6.40. The maximum atomic E-state index is 12.9. The summed E-state index contributed by atoms with van der Waals surface area (Å²) in [5, 5.41) is 19.2. The van der Waals surface area contributed by atoms with Crippen LogP contribution in [0.4, 0.5) is 10.5 Å². The van der Waals surface area contributed by atoms with E-state index in [0.717, 1.165) is 5.56 Å². The van der Waals surface area contributed by atoms with Crippen LogP contribution in [0.5, 0.6) is 0 Å². The van der Waals surface area contributed by atoms with Crippen LogP contribution in [-0.4, -0.2) is 65.4 Å². The number of carboxylic acids is 1. The van der Waals surface area contributed by atoms with Gasteiger partial charge >= 0.3 is 12.1 Å². The fraction of sp³-hybridized carbons (Fsp3) is 0.379. The Labute approximate surface area is 242 Å². The highest BCUT2D eigenvalue weighted by Gasteiger charge is 2.34. The van der Waals surface area contributed by atoms with Crippen LogP contribution in [0.25, 0.3) is 0 Å². The number of anilines is 1. The lowest BCUT2D eigenvalue weighted by Crippen LogP contribution is -2.56. The molecule has 0 fully saturated rings. The van der Waals surface area contributed by atoms with Crippen LogP contribution >= 0.6 is 0 Å². The molecular weight excluding hydrogens is 548 g/mol. The first kappa shape index (κ1) is 31.7. The van der Waals surface area contributed by atoms with Gasteiger partial charge in [-0.15, -0.1) is 0 Å². The summed E-state index contributed by atoms with van der Waals surface area (Å²) in [7, 11) is 0. The van der Waals surface area contributed by atoms with Crippen molar-refractivity contribution < 1.29 is 43.3 Å². The summed E-state index contributed by atoms with van der Waals surface area (Å²) >= 11 is 0. The second-order valence-electron chi connectivity index (χ2n) is 10.1. The zero-order valence-corrected chi connectivity index (χ0v) is 23.4. The number of para-hydroxylation sites is 1. The first-order valence-electron chi connectivity index (χ1n) is 13.3. The Bertz CT molecular complexity index is 1320. The van der Waals surface area contributed by atoms with Crippen molar-refractivity contribution in [3.63, 3.8) is 0 Å². The smallest absolute Gasteiger partial charge is 0.408 e. The molecule has 42 heavy (non-hydrogen) atoms. The number of amides is 4. The number of Topliss-reactive ketones (excluding diaryl/α,β-unsaturated/α-hetero) is 1. The SMILES string of the molecule is CC(NC(=O)C(NC(=O)OCc1ccccc1)C(C)C)C(=O)NC(CC(=O)O)C(=O)COC1C(=O)Nc2ccccc21. The normalized spacial score (nSPS) is 15.9. The number of ketones is 1. The molecule has 0 spiro atoms. The first-order valence-corrected chi connectivity index (χ1v) is 13.3. The van der Waals surface area contributed by atoms with Gasteiger partial charge in [0.25, 0.3) is 5.91 Å². The molecule has 4 unspecified atom stereocenters. The summed E-state index contributed by atoms with van der Waals surface area (Å²) < 4.78 is 10.7. The Hall–Kier alpha value is -4.78. The molecule has 13 heteroatoms. The molecule has 2 aromatic carbocycles. The maximum Gasteiger partial charge on any atom is 0.408 e. The molecule has 0 radical (unpaired) electrons. The van der Waals surface area contributed by atoms with Crippen LogP contribution < -0.4 is 21.3 Å². The Balaban J connectivity index is 1.55. The van der Waals surface area contributed by atoms with E-state index in [9.17, 15) is 33.9 Å². The number of rotatable bonds is 14. The van der Waals surface area contributed by atoms with Gasteiger partial charge in [0.05, 0.1) is 6.42 Å². The molecule has 0 aromatic heterocycles. The number of hydrogen-bond donors (Lipinski definition) is 5. The number of carbonyl (C=O) groups excluding carboxylic acids is 5. The zero-order valence-electron chi connectivity index (χ0n) is 23.4. The van der Waals surface area contributed by atoms with Crippen LogP contribution in [-0.2, 0) is 40.1 Å². The lowest BCUT2D eigenvalue weighted by molar-refractivity contribution is -0.143. The molecule has 0 saturated carbocycles. The van der Waals surface area contributed by atoms with Crippen LogP contribution in [0.15, 0.2) is 54.6 Å². The zero-order chi connectivity index (χ0) is 30.8. The predicted octanol–water partition coefficient (Wildman–Crippen LogP) is 1.68. The fourth-order valence-corrected chi connectivity index (χ4v) is 4.12. The summed E-state index contributed by atoms with van der Waals surface area (Å²) in [4.78, 5) is 74.5. The highest BCUT2D eigenvalue weighted by atomic mass is 16.5. The molecular formula is C29H34N4O9. The molecule has 4 amide bonds. The molecule has 0 bridgehead atoms. The lowest BCUT2D eigenvalue weighted by Gasteiger charge is -2.24. The number of carboxylic acid groups (broad SMARTS) is 1. The Morgan fingerprint density at radius 1 is 0.905 bits per heavy atom. The van der Waals surface area contributed by atoms with Gasteiger partial charge in [0.1, 0.15) is 31.3 Å². The van der Waals surface area contributed by atoms with E-state index in [1.54, 1.807) is 62.4 Å². The number of aliphatic carboxylic acids is 1. The molecule has 1 aliphatic heterocycles. The van der Waals surface area contributed by atoms with E-state index in [4.69, 9.17) is 9.47 Å². The van der Waals surface area contributed by atoms with Gasteiger partial charge in [-0.3, -0.25) is 24.0 Å². The molecule has 5 N–H and O–H groups in total. The third kappa shape index (κ3) is 8.86. The molecule has 4 atom stereocenters. The van der Waals surface area contributed by atoms with Crippen LogP contribution in [0.2, 0.25) is 0 Å². The van der Waals surface area contributed by atoms with E-state index in [0.29, 0.717) is 11.3 Å². The molecule has 0 saturated heterocycles. The number of ether oxygens (including phenoxy) is 2. The van der Waals surface area contributed by atoms with Gasteiger partial charge in [-0.1, -0.05) is 62.4 Å². The van der Waals surface area contributed by atoms with E-state index in [-0.39, 0.29) is 12.5 Å². The minimum absolute atomic E-state index is 0.00143. The van der Waals surface area contributed by atoms with E-state index in [1.165, 1.54) is 6.92 Å². The van der Waals surface area contributed by atoms with Crippen molar-refractivity contribution in [3.05, 3.63) is 65.7 Å². The quantitative estimate of drug-likeness (QED) is 0.221. The molecule has 1 heterocycles. The number of hydrogen-bond acceptors (Lipinski definition) is 8. The van der Waals surface area contributed by atoms with E-state index in [1.807, 2.05) is 6.07 Å². The van der Waals surface area contributed by atoms with Crippen LogP contribution in [0.3, 0.4) is 0 Å². The summed E-state index contributed by atoms with van der Waals surface area (Å²) in [6.07, 6.45) is -2.63. The number of fused-ring (bicyclic) bond motifs is 1. The number of nitrogens with one attached hydrogen (secondary N) is 4. The van der Waals surface area contributed by atoms with Crippen molar-refractivity contribution in [1.29, 1.82) is 0 Å². The van der Waals surface area contributed by atoms with E-state index >= 15 is 0 Å². The van der Waals surface area contributed by atoms with Crippen molar-refractivity contribution in [2.75, 3.05) is 11.9 Å². The Kier molecular flexibility index (Phi) is 11.1. The van der Waals surface area contributed by atoms with Crippen molar-refractivity contribution in [2.24, 2.45) is 5.92 Å². The highest BCUT2D eigenvalue weighted by molar-refractivity contribution is 6.02. The molecule has 224 valence electrons. The van der Waals surface area contributed by atoms with Crippen molar-refractivity contribution in [3.8, 4) is 0 Å². The average Bonchev–Trinajstić information content (AvgIpc) is 3.27. The molecule has 0 aliphatic carbocycles. The maximum absolute atomic E-state index is 12.9.